The summed E-state index contributed by atoms with van der Waals surface area (Å²) in [6.07, 6.45) is 1.83. The number of hydrogen-bond acceptors (Lipinski definition) is 4. The third-order valence-corrected chi connectivity index (χ3v) is 2.35. The molecule has 0 spiro atoms. The average Bonchev–Trinajstić information content (AvgIpc) is 2.31. The summed E-state index contributed by atoms with van der Waals surface area (Å²) in [6.45, 7) is 3.85. The molecule has 0 aliphatic heterocycles. The van der Waals surface area contributed by atoms with E-state index >= 15 is 0 Å². The van der Waals surface area contributed by atoms with E-state index in [9.17, 15) is 14.0 Å². The molecule has 1 N–H and O–H groups in total. The van der Waals surface area contributed by atoms with Crippen LogP contribution in [-0.2, 0) is 14.3 Å². The third-order valence-electron chi connectivity index (χ3n) is 1.98. The van der Waals surface area contributed by atoms with Crippen LogP contribution in [0.1, 0.15) is 20.8 Å². The molecular formula is C12H19BrFNO4. The molecule has 1 amide bonds. The van der Waals surface area contributed by atoms with E-state index in [1.807, 2.05) is 0 Å². The SMILES string of the molecule is COC(=O)C(/C=C/CBr)(CF)NC(=O)OC(C)(C)C. The number of carbonyl (C=O) groups is 2. The van der Waals surface area contributed by atoms with E-state index in [1.165, 1.54) is 12.2 Å². The highest BCUT2D eigenvalue weighted by Gasteiger charge is 2.40. The molecule has 0 fully saturated rings. The Labute approximate surface area is 120 Å². The standard InChI is InChI=1S/C12H19BrFNO4/c1-11(2,3)19-10(17)15-12(8-14,6-5-7-13)9(16)18-4/h5-6H,7-8H2,1-4H3,(H,15,17)/b6-5+. The van der Waals surface area contributed by atoms with Gasteiger partial charge in [-0.05, 0) is 26.8 Å². The number of esters is 1. The molecule has 0 aromatic carbocycles. The zero-order chi connectivity index (χ0) is 15.1. The van der Waals surface area contributed by atoms with Crippen molar-refractivity contribution >= 4 is 28.0 Å². The maximum Gasteiger partial charge on any atom is 0.408 e. The van der Waals surface area contributed by atoms with Crippen molar-refractivity contribution in [1.29, 1.82) is 0 Å². The Balaban J connectivity index is 5.09. The number of halogens is 2. The number of hydrogen-bond donors (Lipinski definition) is 1. The molecular weight excluding hydrogens is 321 g/mol. The molecule has 0 radical (unpaired) electrons. The van der Waals surface area contributed by atoms with Crippen molar-refractivity contribution in [2.45, 2.75) is 31.9 Å². The molecule has 0 saturated carbocycles. The minimum Gasteiger partial charge on any atom is -0.467 e. The largest absolute Gasteiger partial charge is 0.467 e. The molecule has 0 aromatic rings. The highest BCUT2D eigenvalue weighted by molar-refractivity contribution is 9.09. The fourth-order valence-corrected chi connectivity index (χ4v) is 1.39. The maximum absolute atomic E-state index is 13.2. The van der Waals surface area contributed by atoms with Crippen LogP contribution in [0.5, 0.6) is 0 Å². The van der Waals surface area contributed by atoms with Crippen molar-refractivity contribution in [2.24, 2.45) is 0 Å². The molecule has 1 atom stereocenters. The first-order valence-electron chi connectivity index (χ1n) is 5.60. The summed E-state index contributed by atoms with van der Waals surface area (Å²) in [5, 5.41) is 2.61. The monoisotopic (exact) mass is 339 g/mol. The number of alkyl carbamates (subject to hydrolysis) is 1. The van der Waals surface area contributed by atoms with Gasteiger partial charge in [0.25, 0.3) is 0 Å². The second kappa shape index (κ2) is 7.47. The van der Waals surface area contributed by atoms with E-state index in [0.29, 0.717) is 5.33 Å². The van der Waals surface area contributed by atoms with Crippen LogP contribution in [0.15, 0.2) is 12.2 Å². The highest BCUT2D eigenvalue weighted by Crippen LogP contribution is 2.14. The number of alkyl halides is 2. The Morgan fingerprint density at radius 1 is 1.37 bits per heavy atom. The Hall–Kier alpha value is -1.11. The number of methoxy groups -OCH3 is 1. The lowest BCUT2D eigenvalue weighted by atomic mass is 10.0. The molecule has 110 valence electrons. The van der Waals surface area contributed by atoms with Crippen molar-refractivity contribution in [2.75, 3.05) is 19.1 Å². The third kappa shape index (κ3) is 6.04. The summed E-state index contributed by atoms with van der Waals surface area (Å²) in [5.74, 6) is -0.905. The fourth-order valence-electron chi connectivity index (χ4n) is 1.21. The van der Waals surface area contributed by atoms with Crippen molar-refractivity contribution in [3.8, 4) is 0 Å². The molecule has 0 heterocycles. The van der Waals surface area contributed by atoms with Crippen molar-refractivity contribution in [1.82, 2.24) is 5.32 Å². The van der Waals surface area contributed by atoms with Gasteiger partial charge in [-0.15, -0.1) is 0 Å². The summed E-state index contributed by atoms with van der Waals surface area (Å²) in [7, 11) is 1.12. The van der Waals surface area contributed by atoms with Gasteiger partial charge in [-0.1, -0.05) is 22.0 Å². The van der Waals surface area contributed by atoms with E-state index in [4.69, 9.17) is 4.74 Å². The lowest BCUT2D eigenvalue weighted by molar-refractivity contribution is -0.147. The number of rotatable bonds is 5. The van der Waals surface area contributed by atoms with Crippen LogP contribution in [-0.4, -0.2) is 42.3 Å². The molecule has 0 aliphatic carbocycles. The zero-order valence-corrected chi connectivity index (χ0v) is 13.0. The van der Waals surface area contributed by atoms with E-state index < -0.39 is 29.9 Å². The topological polar surface area (TPSA) is 64.6 Å². The predicted octanol–water partition coefficient (Wildman–Crippen LogP) is 2.34. The fraction of sp³-hybridized carbons (Fsp3) is 0.667. The predicted molar refractivity (Wildman–Crippen MR) is 73.0 cm³/mol. The van der Waals surface area contributed by atoms with Crippen molar-refractivity contribution in [3.05, 3.63) is 12.2 Å². The Bertz CT molecular complexity index is 354. The van der Waals surface area contributed by atoms with E-state index in [-0.39, 0.29) is 0 Å². The average molecular weight is 340 g/mol. The lowest BCUT2D eigenvalue weighted by Gasteiger charge is -2.28. The van der Waals surface area contributed by atoms with Crippen LogP contribution in [0.3, 0.4) is 0 Å². The molecule has 7 heteroatoms. The van der Waals surface area contributed by atoms with Crippen molar-refractivity contribution < 1.29 is 23.5 Å². The van der Waals surface area contributed by atoms with Crippen LogP contribution < -0.4 is 5.32 Å². The Kier molecular flexibility index (Phi) is 7.04. The number of nitrogens with one attached hydrogen (secondary N) is 1. The number of amides is 1. The summed E-state index contributed by atoms with van der Waals surface area (Å²) in [5.41, 5.74) is -2.62. The first kappa shape index (κ1) is 17.9. The minimum absolute atomic E-state index is 0.405. The molecule has 0 rings (SSSR count). The smallest absolute Gasteiger partial charge is 0.408 e. The molecule has 0 aromatic heterocycles. The maximum atomic E-state index is 13.2. The molecule has 0 bridgehead atoms. The Morgan fingerprint density at radius 3 is 2.32 bits per heavy atom. The van der Waals surface area contributed by atoms with E-state index in [0.717, 1.165) is 7.11 Å². The van der Waals surface area contributed by atoms with E-state index in [1.54, 1.807) is 20.8 Å². The van der Waals surface area contributed by atoms with Crippen LogP contribution in [0.4, 0.5) is 9.18 Å². The molecule has 0 aliphatic rings. The second-order valence-electron chi connectivity index (χ2n) is 4.78. The van der Waals surface area contributed by atoms with Gasteiger partial charge < -0.3 is 9.47 Å². The van der Waals surface area contributed by atoms with Crippen molar-refractivity contribution in [3.63, 3.8) is 0 Å². The number of allylic oxidation sites excluding steroid dienone is 1. The molecule has 1 unspecified atom stereocenters. The summed E-state index contributed by atoms with van der Waals surface area (Å²) < 4.78 is 22.7. The van der Waals surface area contributed by atoms with E-state index in [2.05, 4.69) is 26.0 Å². The van der Waals surface area contributed by atoms with Crippen LogP contribution in [0.2, 0.25) is 0 Å². The minimum atomic E-state index is -1.87. The van der Waals surface area contributed by atoms with Gasteiger partial charge in [0.05, 0.1) is 7.11 Å². The zero-order valence-electron chi connectivity index (χ0n) is 11.5. The quantitative estimate of drug-likeness (QED) is 0.474. The van der Waals surface area contributed by atoms with Gasteiger partial charge in [0, 0.05) is 5.33 Å². The van der Waals surface area contributed by atoms with Gasteiger partial charge in [-0.2, -0.15) is 0 Å². The first-order chi connectivity index (χ1) is 8.70. The van der Waals surface area contributed by atoms with Gasteiger partial charge in [0.15, 0.2) is 5.54 Å². The summed E-state index contributed by atoms with van der Waals surface area (Å²) in [4.78, 5) is 23.3. The van der Waals surface area contributed by atoms with Gasteiger partial charge in [0.1, 0.15) is 12.3 Å². The number of ether oxygens (including phenoxy) is 2. The van der Waals surface area contributed by atoms with Gasteiger partial charge in [-0.25, -0.2) is 14.0 Å². The normalized spacial score (nSPS) is 14.8. The van der Waals surface area contributed by atoms with Crippen LogP contribution in [0, 0.1) is 0 Å². The Morgan fingerprint density at radius 2 is 1.95 bits per heavy atom. The molecule has 0 saturated heterocycles. The van der Waals surface area contributed by atoms with Crippen LogP contribution in [0.25, 0.3) is 0 Å². The second-order valence-corrected chi connectivity index (χ2v) is 5.43. The van der Waals surface area contributed by atoms with Gasteiger partial charge >= 0.3 is 12.1 Å². The lowest BCUT2D eigenvalue weighted by Crippen LogP contribution is -2.56. The van der Waals surface area contributed by atoms with Gasteiger partial charge in [-0.3, -0.25) is 5.32 Å². The summed E-state index contributed by atoms with van der Waals surface area (Å²) in [6, 6.07) is 0. The highest BCUT2D eigenvalue weighted by atomic mass is 79.9. The molecule has 5 nitrogen and oxygen atoms in total. The van der Waals surface area contributed by atoms with Gasteiger partial charge in [0.2, 0.25) is 0 Å². The van der Waals surface area contributed by atoms with Crippen LogP contribution >= 0.6 is 15.9 Å². The summed E-state index contributed by atoms with van der Waals surface area (Å²) >= 11 is 3.11. The first-order valence-corrected chi connectivity index (χ1v) is 6.72. The molecule has 19 heavy (non-hydrogen) atoms. The number of carbonyl (C=O) groups excluding carboxylic acids is 2.